The second-order valence-corrected chi connectivity index (χ2v) is 9.28. The molecule has 1 N–H and O–H groups in total. The van der Waals surface area contributed by atoms with E-state index in [-0.39, 0.29) is 17.6 Å². The van der Waals surface area contributed by atoms with Crippen molar-refractivity contribution < 1.29 is 23.5 Å². The Balaban J connectivity index is 1.36. The summed E-state index contributed by atoms with van der Waals surface area (Å²) >= 11 is 2.57. The van der Waals surface area contributed by atoms with E-state index in [4.69, 9.17) is 9.15 Å². The molecule has 1 aliphatic rings. The number of esters is 1. The van der Waals surface area contributed by atoms with Gasteiger partial charge >= 0.3 is 5.97 Å². The lowest BCUT2D eigenvalue weighted by atomic mass is 10.1. The Kier molecular flexibility index (Phi) is 5.74. The molecule has 3 heterocycles. The van der Waals surface area contributed by atoms with Gasteiger partial charge in [0.2, 0.25) is 11.8 Å². The number of benzene rings is 1. The first-order valence-electron chi connectivity index (χ1n) is 9.21. The molecule has 0 radical (unpaired) electrons. The van der Waals surface area contributed by atoms with Crippen molar-refractivity contribution in [1.82, 2.24) is 10.3 Å². The third kappa shape index (κ3) is 4.63. The van der Waals surface area contributed by atoms with Gasteiger partial charge in [-0.25, -0.2) is 4.98 Å². The molecule has 1 saturated heterocycles. The van der Waals surface area contributed by atoms with Crippen LogP contribution >= 0.6 is 23.1 Å². The topological polar surface area (TPSA) is 98.5 Å². The zero-order chi connectivity index (χ0) is 21.3. The first kappa shape index (κ1) is 20.4. The number of nitrogens with one attached hydrogen (secondary N) is 1. The third-order valence-corrected chi connectivity index (χ3v) is 6.47. The van der Waals surface area contributed by atoms with Gasteiger partial charge in [0, 0.05) is 4.88 Å². The Hall–Kier alpha value is -2.91. The van der Waals surface area contributed by atoms with Gasteiger partial charge in [-0.15, -0.1) is 11.3 Å². The molecule has 3 aromatic rings. The van der Waals surface area contributed by atoms with Crippen molar-refractivity contribution in [2.75, 3.05) is 0 Å². The quantitative estimate of drug-likeness (QED) is 0.454. The maximum Gasteiger partial charge on any atom is 0.317 e. The molecule has 154 valence electrons. The Morgan fingerprint density at radius 3 is 2.57 bits per heavy atom. The first-order valence-corrected chi connectivity index (χ1v) is 10.9. The maximum atomic E-state index is 12.3. The number of rotatable bonds is 6. The largest absolute Gasteiger partial charge is 0.440 e. The number of nitrogens with zero attached hydrogens (tertiary/aromatic N) is 1. The van der Waals surface area contributed by atoms with Gasteiger partial charge in [-0.05, 0) is 50.1 Å². The number of carbonyl (C=O) groups excluding carboxylic acids is 3. The van der Waals surface area contributed by atoms with Crippen molar-refractivity contribution in [3.8, 4) is 16.5 Å². The van der Waals surface area contributed by atoms with E-state index in [9.17, 15) is 14.4 Å². The SMILES string of the molecule is Cc1ccc(-c2nc(CC(=O)Oc3ccc(CC4SC(=O)NC4=O)cc3)c(C)o2)s1. The summed E-state index contributed by atoms with van der Waals surface area (Å²) in [6.45, 7) is 3.78. The van der Waals surface area contributed by atoms with E-state index < -0.39 is 11.2 Å². The van der Waals surface area contributed by atoms with Gasteiger partial charge in [0.05, 0.1) is 22.2 Å². The summed E-state index contributed by atoms with van der Waals surface area (Å²) in [4.78, 5) is 41.8. The van der Waals surface area contributed by atoms with Crippen LogP contribution in [0.2, 0.25) is 0 Å². The van der Waals surface area contributed by atoms with Crippen molar-refractivity contribution in [2.45, 2.75) is 31.9 Å². The van der Waals surface area contributed by atoms with Gasteiger partial charge in [0.1, 0.15) is 11.5 Å². The second kappa shape index (κ2) is 8.45. The number of amides is 2. The molecule has 30 heavy (non-hydrogen) atoms. The molecule has 7 nitrogen and oxygen atoms in total. The van der Waals surface area contributed by atoms with Crippen LogP contribution in [0.15, 0.2) is 40.8 Å². The summed E-state index contributed by atoms with van der Waals surface area (Å²) in [5.74, 6) is 0.777. The van der Waals surface area contributed by atoms with E-state index in [1.807, 2.05) is 19.1 Å². The minimum Gasteiger partial charge on any atom is -0.440 e. The van der Waals surface area contributed by atoms with Crippen LogP contribution in [0.3, 0.4) is 0 Å². The van der Waals surface area contributed by atoms with Crippen LogP contribution in [-0.2, 0) is 22.4 Å². The highest BCUT2D eigenvalue weighted by Gasteiger charge is 2.31. The van der Waals surface area contributed by atoms with E-state index in [1.54, 1.807) is 42.5 Å². The number of hydrogen-bond donors (Lipinski definition) is 1. The van der Waals surface area contributed by atoms with E-state index in [0.29, 0.717) is 29.5 Å². The summed E-state index contributed by atoms with van der Waals surface area (Å²) in [5, 5.41) is 1.52. The average molecular weight is 443 g/mol. The second-order valence-electron chi connectivity index (χ2n) is 6.81. The number of carbonyl (C=O) groups is 3. The van der Waals surface area contributed by atoms with Crippen molar-refractivity contribution >= 4 is 40.2 Å². The standard InChI is InChI=1S/C21H18N2O5S2/c1-11-3-8-16(29-11)20-22-15(12(2)27-20)10-18(24)28-14-6-4-13(5-7-14)9-17-19(25)23-21(26)30-17/h3-8,17H,9-10H2,1-2H3,(H,23,25,26). The Labute approximate surface area is 180 Å². The third-order valence-electron chi connectivity index (χ3n) is 4.50. The van der Waals surface area contributed by atoms with Gasteiger partial charge in [-0.1, -0.05) is 23.9 Å². The number of thioether (sulfide) groups is 1. The summed E-state index contributed by atoms with van der Waals surface area (Å²) in [7, 11) is 0. The highest BCUT2D eigenvalue weighted by Crippen LogP contribution is 2.29. The molecular weight excluding hydrogens is 424 g/mol. The molecule has 2 amide bonds. The summed E-state index contributed by atoms with van der Waals surface area (Å²) < 4.78 is 11.1. The molecule has 0 aliphatic carbocycles. The fourth-order valence-corrected chi connectivity index (χ4v) is 4.64. The average Bonchev–Trinajstić information content (AvgIpc) is 3.36. The fraction of sp³-hybridized carbons (Fsp3) is 0.238. The van der Waals surface area contributed by atoms with E-state index in [2.05, 4.69) is 10.3 Å². The number of aromatic nitrogens is 1. The Morgan fingerprint density at radius 2 is 1.93 bits per heavy atom. The number of imide groups is 1. The summed E-state index contributed by atoms with van der Waals surface area (Å²) in [6, 6.07) is 10.8. The van der Waals surface area contributed by atoms with Crippen LogP contribution in [0, 0.1) is 13.8 Å². The normalized spacial score (nSPS) is 16.0. The van der Waals surface area contributed by atoms with Crippen LogP contribution in [0.25, 0.3) is 10.8 Å². The zero-order valence-electron chi connectivity index (χ0n) is 16.3. The Morgan fingerprint density at radius 1 is 1.17 bits per heavy atom. The molecule has 1 aliphatic heterocycles. The lowest BCUT2D eigenvalue weighted by molar-refractivity contribution is -0.133. The molecule has 2 aromatic heterocycles. The van der Waals surface area contributed by atoms with Crippen LogP contribution in [0.5, 0.6) is 5.75 Å². The molecule has 9 heteroatoms. The Bertz CT molecular complexity index is 1120. The predicted octanol–water partition coefficient (Wildman–Crippen LogP) is 4.06. The monoisotopic (exact) mass is 442 g/mol. The number of aryl methyl sites for hydroxylation is 2. The molecule has 1 fully saturated rings. The van der Waals surface area contributed by atoms with E-state index >= 15 is 0 Å². The molecule has 4 rings (SSSR count). The zero-order valence-corrected chi connectivity index (χ0v) is 17.9. The molecular formula is C21H18N2O5S2. The van der Waals surface area contributed by atoms with Gasteiger partial charge in [-0.3, -0.25) is 19.7 Å². The van der Waals surface area contributed by atoms with Crippen molar-refractivity contribution in [1.29, 1.82) is 0 Å². The van der Waals surface area contributed by atoms with Crippen LogP contribution in [-0.4, -0.2) is 27.3 Å². The molecule has 0 saturated carbocycles. The maximum absolute atomic E-state index is 12.3. The first-order chi connectivity index (χ1) is 14.4. The smallest absolute Gasteiger partial charge is 0.317 e. The van der Waals surface area contributed by atoms with Gasteiger partial charge in [0.15, 0.2) is 0 Å². The number of ether oxygens (including phenoxy) is 1. The minimum absolute atomic E-state index is 0.00242. The van der Waals surface area contributed by atoms with Crippen molar-refractivity contribution in [3.05, 3.63) is 58.3 Å². The van der Waals surface area contributed by atoms with Crippen molar-refractivity contribution in [3.63, 3.8) is 0 Å². The number of thiophene rings is 1. The summed E-state index contributed by atoms with van der Waals surface area (Å²) in [5.41, 5.74) is 1.42. The lowest BCUT2D eigenvalue weighted by Gasteiger charge is -2.07. The van der Waals surface area contributed by atoms with Crippen LogP contribution in [0.1, 0.15) is 21.9 Å². The number of hydrogen-bond acceptors (Lipinski definition) is 8. The highest BCUT2D eigenvalue weighted by molar-refractivity contribution is 8.15. The fourth-order valence-electron chi connectivity index (χ4n) is 2.99. The van der Waals surface area contributed by atoms with Crippen LogP contribution < -0.4 is 10.1 Å². The van der Waals surface area contributed by atoms with Crippen LogP contribution in [0.4, 0.5) is 4.79 Å². The molecule has 1 atom stereocenters. The molecule has 1 unspecified atom stereocenters. The number of oxazole rings is 1. The van der Waals surface area contributed by atoms with Gasteiger partial charge in [0.25, 0.3) is 5.24 Å². The molecule has 1 aromatic carbocycles. The summed E-state index contributed by atoms with van der Waals surface area (Å²) in [6.07, 6.45) is 0.433. The van der Waals surface area contributed by atoms with Gasteiger partial charge in [-0.2, -0.15) is 0 Å². The molecule has 0 bridgehead atoms. The highest BCUT2D eigenvalue weighted by atomic mass is 32.2. The van der Waals surface area contributed by atoms with E-state index in [1.165, 1.54) is 0 Å². The minimum atomic E-state index is -0.440. The predicted molar refractivity (Wildman–Crippen MR) is 114 cm³/mol. The van der Waals surface area contributed by atoms with E-state index in [0.717, 1.165) is 27.1 Å². The van der Waals surface area contributed by atoms with Gasteiger partial charge < -0.3 is 9.15 Å². The molecule has 0 spiro atoms. The van der Waals surface area contributed by atoms with Crippen molar-refractivity contribution in [2.24, 2.45) is 0 Å². The lowest BCUT2D eigenvalue weighted by Crippen LogP contribution is -2.25.